The summed E-state index contributed by atoms with van der Waals surface area (Å²) in [5, 5.41) is 0. The van der Waals surface area contributed by atoms with Gasteiger partial charge in [0.2, 0.25) is 0 Å². The average molecular weight is 441 g/mol. The van der Waals surface area contributed by atoms with E-state index in [-0.39, 0.29) is 35.2 Å². The molecule has 34 heavy (non-hydrogen) atoms. The molecule has 0 bridgehead atoms. The fourth-order valence-electron chi connectivity index (χ4n) is 7.50. The molecule has 0 amide bonds. The van der Waals surface area contributed by atoms with Crippen molar-refractivity contribution in [2.75, 3.05) is 0 Å². The molecule has 164 valence electrons. The second-order valence-corrected chi connectivity index (χ2v) is 9.98. The van der Waals surface area contributed by atoms with Crippen LogP contribution in [0.15, 0.2) is 109 Å². The van der Waals surface area contributed by atoms with Gasteiger partial charge in [-0.2, -0.15) is 0 Å². The Bertz CT molecular complexity index is 1440. The van der Waals surface area contributed by atoms with E-state index in [0.717, 1.165) is 33.4 Å². The molecule has 3 aliphatic carbocycles. The van der Waals surface area contributed by atoms with Crippen LogP contribution in [0, 0.1) is 11.3 Å². The van der Waals surface area contributed by atoms with Crippen LogP contribution >= 0.6 is 0 Å². The number of hydrogen-bond donors (Lipinski definition) is 0. The molecule has 5 atom stereocenters. The maximum Gasteiger partial charge on any atom is 0.170 e. The number of carbonyl (C=O) groups is 2. The number of Topliss-reactive ketones (excluding diaryl/α,β-unsaturated/α-hetero) is 2. The Morgan fingerprint density at radius 3 is 1.74 bits per heavy atom. The quantitative estimate of drug-likeness (QED) is 0.352. The molecule has 4 aromatic rings. The van der Waals surface area contributed by atoms with Gasteiger partial charge in [-0.1, -0.05) is 109 Å². The summed E-state index contributed by atoms with van der Waals surface area (Å²) in [5.41, 5.74) is 5.43. The van der Waals surface area contributed by atoms with Crippen LogP contribution in [0.5, 0.6) is 0 Å². The van der Waals surface area contributed by atoms with Gasteiger partial charge in [0, 0.05) is 34.8 Å². The summed E-state index contributed by atoms with van der Waals surface area (Å²) in [5.74, 6) is -0.126. The van der Waals surface area contributed by atoms with Gasteiger partial charge in [-0.15, -0.1) is 0 Å². The largest absolute Gasteiger partial charge is 0.294 e. The van der Waals surface area contributed by atoms with Crippen molar-refractivity contribution in [3.8, 4) is 0 Å². The molecule has 0 N–H and O–H groups in total. The smallest absolute Gasteiger partial charge is 0.170 e. The molecular formula is C32H24O2. The second kappa shape index (κ2) is 7.11. The van der Waals surface area contributed by atoms with E-state index in [0.29, 0.717) is 6.42 Å². The fourth-order valence-corrected chi connectivity index (χ4v) is 7.50. The Morgan fingerprint density at radius 2 is 1.09 bits per heavy atom. The highest BCUT2D eigenvalue weighted by atomic mass is 16.1. The molecule has 0 heterocycles. The first-order chi connectivity index (χ1) is 16.7. The molecule has 1 saturated carbocycles. The van der Waals surface area contributed by atoms with Gasteiger partial charge in [-0.25, -0.2) is 0 Å². The molecule has 2 nitrogen and oxygen atoms in total. The second-order valence-electron chi connectivity index (χ2n) is 9.98. The van der Waals surface area contributed by atoms with E-state index in [4.69, 9.17) is 0 Å². The average Bonchev–Trinajstić information content (AvgIpc) is 3.46. The zero-order chi connectivity index (χ0) is 22.9. The first-order valence-electron chi connectivity index (χ1n) is 12.1. The lowest BCUT2D eigenvalue weighted by molar-refractivity contribution is 0.0745. The predicted molar refractivity (Wildman–Crippen MR) is 132 cm³/mol. The summed E-state index contributed by atoms with van der Waals surface area (Å²) in [6.07, 6.45) is 0.670. The van der Waals surface area contributed by atoms with E-state index in [1.807, 2.05) is 60.7 Å². The minimum atomic E-state index is -0.690. The number of fused-ring (bicyclic) bond motifs is 4. The molecule has 0 aliphatic heterocycles. The van der Waals surface area contributed by atoms with Crippen LogP contribution < -0.4 is 0 Å². The molecule has 0 saturated heterocycles. The van der Waals surface area contributed by atoms with Gasteiger partial charge in [0.1, 0.15) is 0 Å². The molecule has 2 heteroatoms. The van der Waals surface area contributed by atoms with Crippen LogP contribution in [0.3, 0.4) is 0 Å². The van der Waals surface area contributed by atoms with Crippen molar-refractivity contribution < 1.29 is 9.59 Å². The number of hydrogen-bond acceptors (Lipinski definition) is 2. The van der Waals surface area contributed by atoms with Gasteiger partial charge in [0.05, 0.1) is 5.41 Å². The third kappa shape index (κ3) is 2.41. The minimum Gasteiger partial charge on any atom is -0.294 e. The van der Waals surface area contributed by atoms with Crippen molar-refractivity contribution in [2.24, 2.45) is 11.3 Å². The zero-order valence-electron chi connectivity index (χ0n) is 18.7. The van der Waals surface area contributed by atoms with Crippen LogP contribution in [0.4, 0.5) is 0 Å². The van der Waals surface area contributed by atoms with E-state index in [2.05, 4.69) is 48.5 Å². The van der Waals surface area contributed by atoms with Gasteiger partial charge >= 0.3 is 0 Å². The van der Waals surface area contributed by atoms with Crippen molar-refractivity contribution in [3.05, 3.63) is 143 Å². The van der Waals surface area contributed by atoms with Gasteiger partial charge in [-0.05, 0) is 28.7 Å². The lowest BCUT2D eigenvalue weighted by Gasteiger charge is -2.38. The van der Waals surface area contributed by atoms with Crippen LogP contribution in [0.2, 0.25) is 0 Å². The molecule has 0 unspecified atom stereocenters. The Hall–Kier alpha value is -3.78. The van der Waals surface area contributed by atoms with E-state index in [9.17, 15) is 9.59 Å². The highest BCUT2D eigenvalue weighted by Crippen LogP contribution is 2.72. The monoisotopic (exact) mass is 440 g/mol. The fraction of sp³-hybridized carbons (Fsp3) is 0.188. The van der Waals surface area contributed by atoms with Crippen molar-refractivity contribution >= 4 is 11.6 Å². The lowest BCUT2D eigenvalue weighted by atomic mass is 9.62. The molecule has 3 aliphatic rings. The Labute approximate surface area is 199 Å². The third-order valence-corrected chi connectivity index (χ3v) is 8.59. The number of carbonyl (C=O) groups excluding carboxylic acids is 2. The molecule has 1 fully saturated rings. The Kier molecular flexibility index (Phi) is 4.11. The number of rotatable bonds is 2. The zero-order valence-corrected chi connectivity index (χ0v) is 18.7. The third-order valence-electron chi connectivity index (χ3n) is 8.59. The van der Waals surface area contributed by atoms with Crippen molar-refractivity contribution in [3.63, 3.8) is 0 Å². The Balaban J connectivity index is 1.56. The molecular weight excluding hydrogens is 416 g/mol. The van der Waals surface area contributed by atoms with Crippen molar-refractivity contribution in [1.82, 2.24) is 0 Å². The summed E-state index contributed by atoms with van der Waals surface area (Å²) in [6, 6.07) is 36.9. The van der Waals surface area contributed by atoms with Gasteiger partial charge in [-0.3, -0.25) is 9.59 Å². The van der Waals surface area contributed by atoms with E-state index in [1.54, 1.807) is 0 Å². The van der Waals surface area contributed by atoms with Crippen LogP contribution in [0.25, 0.3) is 0 Å². The van der Waals surface area contributed by atoms with Gasteiger partial charge in [0.25, 0.3) is 0 Å². The summed E-state index contributed by atoms with van der Waals surface area (Å²) in [7, 11) is 0. The highest BCUT2D eigenvalue weighted by Gasteiger charge is 2.70. The molecule has 0 aromatic heterocycles. The summed E-state index contributed by atoms with van der Waals surface area (Å²) >= 11 is 0. The molecule has 1 spiro atoms. The normalized spacial score (nSPS) is 28.7. The van der Waals surface area contributed by atoms with Crippen LogP contribution in [-0.4, -0.2) is 11.6 Å². The molecule has 4 aromatic carbocycles. The van der Waals surface area contributed by atoms with E-state index in [1.165, 1.54) is 0 Å². The summed E-state index contributed by atoms with van der Waals surface area (Å²) in [6.45, 7) is 0. The lowest BCUT2D eigenvalue weighted by Crippen LogP contribution is -2.38. The standard InChI is InChI=1S/C32H24O2/c33-30-25-18-10-9-17-24(25)26-27(30)29(21-13-5-2-6-14-21)32(28(26)20-11-3-1-4-12-20)19-22-15-7-8-16-23(22)31(32)34/h1-18,26-29H,19H2/t26-,27+,28+,29-,32-/m1/s1. The number of benzene rings is 4. The maximum absolute atomic E-state index is 14.5. The molecule has 0 radical (unpaired) electrons. The first kappa shape index (κ1) is 19.7. The van der Waals surface area contributed by atoms with Crippen LogP contribution in [0.1, 0.15) is 60.7 Å². The van der Waals surface area contributed by atoms with Gasteiger partial charge < -0.3 is 0 Å². The Morgan fingerprint density at radius 1 is 0.559 bits per heavy atom. The first-order valence-corrected chi connectivity index (χ1v) is 12.1. The molecule has 7 rings (SSSR count). The summed E-state index contributed by atoms with van der Waals surface area (Å²) < 4.78 is 0. The summed E-state index contributed by atoms with van der Waals surface area (Å²) in [4.78, 5) is 28.6. The van der Waals surface area contributed by atoms with E-state index >= 15 is 0 Å². The predicted octanol–water partition coefficient (Wildman–Crippen LogP) is 6.59. The maximum atomic E-state index is 14.5. The minimum absolute atomic E-state index is 0.0189. The van der Waals surface area contributed by atoms with Crippen molar-refractivity contribution in [2.45, 2.75) is 24.2 Å². The van der Waals surface area contributed by atoms with Crippen LogP contribution in [-0.2, 0) is 6.42 Å². The van der Waals surface area contributed by atoms with Crippen molar-refractivity contribution in [1.29, 1.82) is 0 Å². The highest BCUT2D eigenvalue weighted by molar-refractivity contribution is 6.10. The topological polar surface area (TPSA) is 34.1 Å². The SMILES string of the molecule is O=C1c2ccccc2[C@@H]2[C@H]1[C@@H](c1ccccc1)[C@@]1(Cc3ccccc3C1=O)[C@H]2c1ccccc1. The van der Waals surface area contributed by atoms with E-state index < -0.39 is 5.41 Å². The number of ketones is 2. The van der Waals surface area contributed by atoms with Gasteiger partial charge in [0.15, 0.2) is 11.6 Å².